The van der Waals surface area contributed by atoms with E-state index in [1.165, 1.54) is 12.5 Å². The first-order valence-electron chi connectivity index (χ1n) is 10.7. The van der Waals surface area contributed by atoms with E-state index >= 15 is 0 Å². The summed E-state index contributed by atoms with van der Waals surface area (Å²) in [6.07, 6.45) is 10.3. The van der Waals surface area contributed by atoms with Crippen LogP contribution in [0.3, 0.4) is 0 Å². The molecule has 29 heavy (non-hydrogen) atoms. The molecule has 0 bridgehead atoms. The number of piperazine rings is 2. The minimum absolute atomic E-state index is 0.165. The van der Waals surface area contributed by atoms with Crippen LogP contribution in [-0.2, 0) is 0 Å². The Hall–Kier alpha value is -1.76. The van der Waals surface area contributed by atoms with Crippen molar-refractivity contribution in [2.45, 2.75) is 24.0 Å². The molecule has 4 unspecified atom stereocenters. The van der Waals surface area contributed by atoms with Crippen molar-refractivity contribution in [2.24, 2.45) is 5.92 Å². The van der Waals surface area contributed by atoms with Gasteiger partial charge < -0.3 is 9.80 Å². The number of hydrogen-bond acceptors (Lipinski definition) is 4. The van der Waals surface area contributed by atoms with E-state index in [1.54, 1.807) is 6.07 Å². The molecule has 0 amide bonds. The van der Waals surface area contributed by atoms with Crippen molar-refractivity contribution < 1.29 is 8.78 Å². The minimum Gasteiger partial charge on any atom is -0.362 e. The molecular weight excluding hydrogens is 370 g/mol. The maximum Gasteiger partial charge on any atom is 0.149 e. The van der Waals surface area contributed by atoms with Gasteiger partial charge >= 0.3 is 0 Å². The van der Waals surface area contributed by atoms with Crippen molar-refractivity contribution in [3.63, 3.8) is 0 Å². The van der Waals surface area contributed by atoms with Crippen LogP contribution in [0.5, 0.6) is 0 Å². The molecule has 6 heteroatoms. The summed E-state index contributed by atoms with van der Waals surface area (Å²) in [7, 11) is 4.32. The number of rotatable bonds is 3. The molecule has 3 fully saturated rings. The molecule has 0 N–H and O–H groups in total. The Kier molecular flexibility index (Phi) is 4.76. The van der Waals surface area contributed by atoms with Gasteiger partial charge in [-0.15, -0.1) is 0 Å². The molecule has 4 atom stereocenters. The first kappa shape index (κ1) is 19.2. The van der Waals surface area contributed by atoms with Gasteiger partial charge in [0.05, 0.1) is 11.7 Å². The summed E-state index contributed by atoms with van der Waals surface area (Å²) in [5.74, 6) is -0.346. The van der Waals surface area contributed by atoms with Crippen LogP contribution in [0.1, 0.15) is 6.42 Å². The molecule has 1 saturated carbocycles. The Morgan fingerprint density at radius 1 is 0.966 bits per heavy atom. The quantitative estimate of drug-likeness (QED) is 0.773. The van der Waals surface area contributed by atoms with Crippen LogP contribution in [0.2, 0.25) is 0 Å². The molecule has 2 heterocycles. The number of halogens is 2. The van der Waals surface area contributed by atoms with Crippen LogP contribution >= 0.6 is 0 Å². The van der Waals surface area contributed by atoms with E-state index in [4.69, 9.17) is 0 Å². The van der Waals surface area contributed by atoms with Gasteiger partial charge in [-0.1, -0.05) is 24.3 Å². The average Bonchev–Trinajstić information content (AvgIpc) is 3.45. The fourth-order valence-corrected chi connectivity index (χ4v) is 5.60. The van der Waals surface area contributed by atoms with Gasteiger partial charge in [-0.05, 0) is 32.6 Å². The zero-order valence-corrected chi connectivity index (χ0v) is 17.3. The zero-order valence-electron chi connectivity index (χ0n) is 17.3. The number of benzene rings is 1. The molecule has 0 spiro atoms. The zero-order chi connectivity index (χ0) is 20.2. The van der Waals surface area contributed by atoms with Crippen LogP contribution in [0.4, 0.5) is 14.5 Å². The third kappa shape index (κ3) is 3.31. The van der Waals surface area contributed by atoms with Crippen molar-refractivity contribution in [2.75, 3.05) is 58.3 Å². The molecule has 2 aliphatic heterocycles. The van der Waals surface area contributed by atoms with Crippen molar-refractivity contribution in [3.8, 4) is 0 Å². The molecule has 156 valence electrons. The van der Waals surface area contributed by atoms with Gasteiger partial charge in [0.1, 0.15) is 11.6 Å². The highest BCUT2D eigenvalue weighted by Gasteiger charge is 2.57. The first-order valence-corrected chi connectivity index (χ1v) is 10.7. The van der Waals surface area contributed by atoms with Crippen LogP contribution in [0.15, 0.2) is 42.5 Å². The number of hydrogen-bond donors (Lipinski definition) is 0. The maximum atomic E-state index is 14.7. The first-order chi connectivity index (χ1) is 14.0. The van der Waals surface area contributed by atoms with Crippen LogP contribution in [0.25, 0.3) is 0 Å². The summed E-state index contributed by atoms with van der Waals surface area (Å²) in [5.41, 5.74) is 0.721. The standard InChI is InChI=1S/C23H30F2N4/c1-26-9-12-29(20-7-6-18(24)13-19(20)25)22(15-26)21-16-28(11-10-27(21)2)23-8-4-3-5-17(23)14-23/h3-8,13,17,21-22H,9-12,14-16H2,1-2H3. The van der Waals surface area contributed by atoms with Gasteiger partial charge in [-0.2, -0.15) is 0 Å². The van der Waals surface area contributed by atoms with Crippen molar-refractivity contribution in [3.05, 3.63) is 54.1 Å². The normalized spacial score (nSPS) is 35.7. The van der Waals surface area contributed by atoms with Crippen LogP contribution in [-0.4, -0.2) is 85.7 Å². The second-order valence-corrected chi connectivity index (χ2v) is 9.16. The summed E-state index contributed by atoms with van der Waals surface area (Å²) in [4.78, 5) is 9.59. The molecule has 0 radical (unpaired) electrons. The van der Waals surface area contributed by atoms with Crippen molar-refractivity contribution in [1.29, 1.82) is 0 Å². The number of anilines is 1. The monoisotopic (exact) mass is 400 g/mol. The van der Waals surface area contributed by atoms with Gasteiger partial charge in [-0.25, -0.2) is 8.78 Å². The Bertz CT molecular complexity index is 840. The number of nitrogens with zero attached hydrogens (tertiary/aromatic N) is 4. The van der Waals surface area contributed by atoms with E-state index in [2.05, 4.69) is 58.0 Å². The molecule has 1 aromatic carbocycles. The lowest BCUT2D eigenvalue weighted by Crippen LogP contribution is -2.67. The third-order valence-corrected chi connectivity index (χ3v) is 7.44. The molecule has 5 rings (SSSR count). The Labute approximate surface area is 172 Å². The molecule has 2 aliphatic carbocycles. The fourth-order valence-electron chi connectivity index (χ4n) is 5.60. The van der Waals surface area contributed by atoms with Crippen molar-refractivity contribution >= 4 is 5.69 Å². The second-order valence-electron chi connectivity index (χ2n) is 9.16. The van der Waals surface area contributed by atoms with E-state index in [1.807, 2.05) is 0 Å². The lowest BCUT2D eigenvalue weighted by atomic mass is 9.96. The van der Waals surface area contributed by atoms with E-state index in [0.717, 1.165) is 45.3 Å². The summed E-state index contributed by atoms with van der Waals surface area (Å²) in [6.45, 7) is 5.57. The van der Waals surface area contributed by atoms with E-state index in [-0.39, 0.29) is 11.6 Å². The second kappa shape index (κ2) is 7.18. The summed E-state index contributed by atoms with van der Waals surface area (Å²) >= 11 is 0. The van der Waals surface area contributed by atoms with E-state index in [0.29, 0.717) is 17.6 Å². The lowest BCUT2D eigenvalue weighted by Gasteiger charge is -2.52. The predicted molar refractivity (Wildman–Crippen MR) is 112 cm³/mol. The smallest absolute Gasteiger partial charge is 0.149 e. The summed E-state index contributed by atoms with van der Waals surface area (Å²) in [5, 5.41) is 0. The van der Waals surface area contributed by atoms with Gasteiger partial charge in [0, 0.05) is 62.8 Å². The lowest BCUT2D eigenvalue weighted by molar-refractivity contribution is 0.0418. The molecule has 4 aliphatic rings. The Morgan fingerprint density at radius 3 is 2.62 bits per heavy atom. The largest absolute Gasteiger partial charge is 0.362 e. The molecule has 1 aromatic rings. The SMILES string of the molecule is CN1CCN(c2ccc(F)cc2F)C(C2CN(C34C=CC=CC3C4)CCN2C)C1. The van der Waals surface area contributed by atoms with E-state index < -0.39 is 11.6 Å². The number of likely N-dealkylation sites (N-methyl/N-ethyl adjacent to an activating group) is 2. The Morgan fingerprint density at radius 2 is 1.83 bits per heavy atom. The van der Waals surface area contributed by atoms with Crippen LogP contribution < -0.4 is 4.90 Å². The molecule has 0 aromatic heterocycles. The Balaban J connectivity index is 1.42. The minimum atomic E-state index is -0.520. The van der Waals surface area contributed by atoms with Gasteiger partial charge in [0.2, 0.25) is 0 Å². The highest BCUT2D eigenvalue weighted by atomic mass is 19.1. The molecule has 4 nitrogen and oxygen atoms in total. The van der Waals surface area contributed by atoms with E-state index in [9.17, 15) is 8.78 Å². The highest BCUT2D eigenvalue weighted by molar-refractivity contribution is 5.50. The predicted octanol–water partition coefficient (Wildman–Crippen LogP) is 2.59. The molecular formula is C23H30F2N4. The molecule has 2 saturated heterocycles. The maximum absolute atomic E-state index is 14.7. The van der Waals surface area contributed by atoms with Gasteiger partial charge in [-0.3, -0.25) is 9.80 Å². The summed E-state index contributed by atoms with van der Waals surface area (Å²) in [6, 6.07) is 4.45. The number of fused-ring (bicyclic) bond motifs is 1. The number of allylic oxidation sites excluding steroid dienone is 2. The van der Waals surface area contributed by atoms with Gasteiger partial charge in [0.25, 0.3) is 0 Å². The average molecular weight is 401 g/mol. The topological polar surface area (TPSA) is 13.0 Å². The van der Waals surface area contributed by atoms with Crippen LogP contribution in [0, 0.1) is 17.6 Å². The summed E-state index contributed by atoms with van der Waals surface area (Å²) < 4.78 is 28.2. The fraction of sp³-hybridized carbons (Fsp3) is 0.565. The van der Waals surface area contributed by atoms with Crippen molar-refractivity contribution in [1.82, 2.24) is 14.7 Å². The third-order valence-electron chi connectivity index (χ3n) is 7.44. The highest BCUT2D eigenvalue weighted by Crippen LogP contribution is 2.52. The van der Waals surface area contributed by atoms with Gasteiger partial charge in [0.15, 0.2) is 0 Å².